The van der Waals surface area contributed by atoms with Crippen molar-refractivity contribution in [3.05, 3.63) is 0 Å². The van der Waals surface area contributed by atoms with Gasteiger partial charge in [0.15, 0.2) is 0 Å². The van der Waals surface area contributed by atoms with Gasteiger partial charge < -0.3 is 19.9 Å². The first kappa shape index (κ1) is 23.2. The lowest BCUT2D eigenvalue weighted by atomic mass is 10.1. The number of carbonyl (C=O) groups is 1. The van der Waals surface area contributed by atoms with E-state index in [9.17, 15) is 4.79 Å². The predicted molar refractivity (Wildman–Crippen MR) is 91.7 cm³/mol. The fraction of sp³-hybridized carbons (Fsp3) is 0.929. The average molecular weight is 344 g/mol. The summed E-state index contributed by atoms with van der Waals surface area (Å²) in [5.41, 5.74) is 0. The summed E-state index contributed by atoms with van der Waals surface area (Å²) < 4.78 is 4.94. The van der Waals surface area contributed by atoms with Crippen LogP contribution < -0.4 is 5.32 Å². The Labute approximate surface area is 141 Å². The van der Waals surface area contributed by atoms with Crippen molar-refractivity contribution in [2.75, 3.05) is 59.5 Å². The van der Waals surface area contributed by atoms with Crippen LogP contribution in [0.4, 0.5) is 0 Å². The Morgan fingerprint density at radius 3 is 2.57 bits per heavy atom. The van der Waals surface area contributed by atoms with Gasteiger partial charge in [-0.15, -0.1) is 24.8 Å². The molecule has 1 unspecified atom stereocenters. The molecular weight excluding hydrogens is 313 g/mol. The molecule has 1 saturated heterocycles. The number of rotatable bonds is 9. The van der Waals surface area contributed by atoms with Crippen molar-refractivity contribution in [1.82, 2.24) is 15.1 Å². The Bertz CT molecular complexity index is 267. The van der Waals surface area contributed by atoms with E-state index in [1.807, 2.05) is 4.90 Å². The largest absolute Gasteiger partial charge is 0.383 e. The summed E-state index contributed by atoms with van der Waals surface area (Å²) in [6.45, 7) is 11.4. The molecule has 1 heterocycles. The van der Waals surface area contributed by atoms with E-state index < -0.39 is 0 Å². The zero-order valence-electron chi connectivity index (χ0n) is 13.5. The van der Waals surface area contributed by atoms with Gasteiger partial charge in [-0.25, -0.2) is 0 Å². The number of hydrogen-bond acceptors (Lipinski definition) is 4. The molecule has 0 saturated carbocycles. The first-order chi connectivity index (χ1) is 9.21. The van der Waals surface area contributed by atoms with E-state index in [0.29, 0.717) is 19.1 Å². The number of carbonyl (C=O) groups excluding carboxylic acids is 1. The standard InChI is InChI=1S/C14H29N3O2.2ClH/c1-4-16(5-2)11-13-6-8-17(12-13)14(18)10-15-7-9-19-3;;/h13,15H,4-12H2,1-3H3;2*1H. The minimum absolute atomic E-state index is 0. The minimum Gasteiger partial charge on any atom is -0.383 e. The zero-order valence-corrected chi connectivity index (χ0v) is 15.1. The van der Waals surface area contributed by atoms with E-state index in [-0.39, 0.29) is 30.7 Å². The highest BCUT2D eigenvalue weighted by atomic mass is 35.5. The number of likely N-dealkylation sites (tertiary alicyclic amines) is 1. The molecule has 0 aliphatic carbocycles. The van der Waals surface area contributed by atoms with Crippen molar-refractivity contribution in [3.63, 3.8) is 0 Å². The summed E-state index contributed by atoms with van der Waals surface area (Å²) in [6, 6.07) is 0. The van der Waals surface area contributed by atoms with Crippen molar-refractivity contribution in [2.45, 2.75) is 20.3 Å². The number of amides is 1. The second kappa shape index (κ2) is 13.6. The SMILES string of the molecule is CCN(CC)CC1CCN(C(=O)CNCCOC)C1.Cl.Cl. The van der Waals surface area contributed by atoms with Crippen molar-refractivity contribution in [1.29, 1.82) is 0 Å². The highest BCUT2D eigenvalue weighted by Crippen LogP contribution is 2.17. The third kappa shape index (κ3) is 8.83. The zero-order chi connectivity index (χ0) is 14.1. The Kier molecular flexibility index (Phi) is 15.0. The van der Waals surface area contributed by atoms with Crippen LogP contribution in [0.5, 0.6) is 0 Å². The number of halogens is 2. The monoisotopic (exact) mass is 343 g/mol. The molecule has 1 atom stereocenters. The molecule has 1 aliphatic heterocycles. The smallest absolute Gasteiger partial charge is 0.236 e. The molecule has 0 aromatic carbocycles. The van der Waals surface area contributed by atoms with Gasteiger partial charge in [0.25, 0.3) is 0 Å². The molecule has 1 N–H and O–H groups in total. The molecule has 5 nitrogen and oxygen atoms in total. The van der Waals surface area contributed by atoms with Crippen molar-refractivity contribution in [2.24, 2.45) is 5.92 Å². The Morgan fingerprint density at radius 1 is 1.33 bits per heavy atom. The van der Waals surface area contributed by atoms with Crippen LogP contribution in [-0.2, 0) is 9.53 Å². The molecule has 0 radical (unpaired) electrons. The van der Waals surface area contributed by atoms with E-state index >= 15 is 0 Å². The van der Waals surface area contributed by atoms with Gasteiger partial charge in [-0.2, -0.15) is 0 Å². The fourth-order valence-electron chi connectivity index (χ4n) is 2.54. The Balaban J connectivity index is 0. The second-order valence-electron chi connectivity index (χ2n) is 5.15. The first-order valence-corrected chi connectivity index (χ1v) is 7.41. The molecular formula is C14H31Cl2N3O2. The normalized spacial score (nSPS) is 17.5. The molecule has 0 aromatic rings. The molecule has 0 spiro atoms. The molecule has 0 bridgehead atoms. The molecule has 1 aliphatic rings. The third-order valence-corrected chi connectivity index (χ3v) is 3.81. The average Bonchev–Trinajstić information content (AvgIpc) is 2.89. The van der Waals surface area contributed by atoms with Crippen molar-refractivity contribution >= 4 is 30.7 Å². The molecule has 0 aromatic heterocycles. The lowest BCUT2D eigenvalue weighted by Crippen LogP contribution is -2.38. The van der Waals surface area contributed by atoms with E-state index in [1.165, 1.54) is 0 Å². The van der Waals surface area contributed by atoms with Crippen LogP contribution in [0.25, 0.3) is 0 Å². The van der Waals surface area contributed by atoms with E-state index in [4.69, 9.17) is 4.74 Å². The van der Waals surface area contributed by atoms with Crippen LogP contribution in [0.1, 0.15) is 20.3 Å². The van der Waals surface area contributed by atoms with Crippen LogP contribution in [0.3, 0.4) is 0 Å². The van der Waals surface area contributed by atoms with Crippen molar-refractivity contribution in [3.8, 4) is 0 Å². The molecule has 1 fully saturated rings. The number of methoxy groups -OCH3 is 1. The molecule has 7 heteroatoms. The van der Waals surface area contributed by atoms with Gasteiger partial charge in [0.05, 0.1) is 13.2 Å². The lowest BCUT2D eigenvalue weighted by molar-refractivity contribution is -0.129. The summed E-state index contributed by atoms with van der Waals surface area (Å²) in [5.74, 6) is 0.862. The van der Waals surface area contributed by atoms with E-state index in [1.54, 1.807) is 7.11 Å². The van der Waals surface area contributed by atoms with E-state index in [2.05, 4.69) is 24.1 Å². The predicted octanol–water partition coefficient (Wildman–Crippen LogP) is 1.26. The number of ether oxygens (including phenoxy) is 1. The summed E-state index contributed by atoms with van der Waals surface area (Å²) >= 11 is 0. The van der Waals surface area contributed by atoms with Gasteiger partial charge >= 0.3 is 0 Å². The maximum atomic E-state index is 12.0. The van der Waals surface area contributed by atoms with Gasteiger partial charge in [-0.3, -0.25) is 4.79 Å². The summed E-state index contributed by atoms with van der Waals surface area (Å²) in [6.07, 6.45) is 1.14. The molecule has 128 valence electrons. The first-order valence-electron chi connectivity index (χ1n) is 7.41. The van der Waals surface area contributed by atoms with Gasteiger partial charge in [0.2, 0.25) is 5.91 Å². The number of nitrogens with zero attached hydrogens (tertiary/aromatic N) is 2. The maximum Gasteiger partial charge on any atom is 0.236 e. The third-order valence-electron chi connectivity index (χ3n) is 3.81. The Morgan fingerprint density at radius 2 is 2.00 bits per heavy atom. The summed E-state index contributed by atoms with van der Waals surface area (Å²) in [5, 5.41) is 3.11. The van der Waals surface area contributed by atoms with Gasteiger partial charge in [-0.05, 0) is 25.4 Å². The molecule has 21 heavy (non-hydrogen) atoms. The second-order valence-corrected chi connectivity index (χ2v) is 5.15. The van der Waals surface area contributed by atoms with Gasteiger partial charge in [-0.1, -0.05) is 13.8 Å². The topological polar surface area (TPSA) is 44.8 Å². The van der Waals surface area contributed by atoms with Crippen LogP contribution in [-0.4, -0.2) is 75.2 Å². The van der Waals surface area contributed by atoms with Crippen molar-refractivity contribution < 1.29 is 9.53 Å². The van der Waals surface area contributed by atoms with Gasteiger partial charge in [0, 0.05) is 33.3 Å². The quantitative estimate of drug-likeness (QED) is 0.640. The van der Waals surface area contributed by atoms with Crippen LogP contribution in [0, 0.1) is 5.92 Å². The maximum absolute atomic E-state index is 12.0. The summed E-state index contributed by atoms with van der Waals surface area (Å²) in [7, 11) is 1.67. The number of nitrogens with one attached hydrogen (secondary N) is 1. The highest BCUT2D eigenvalue weighted by molar-refractivity contribution is 5.85. The Hall–Kier alpha value is -0.0700. The van der Waals surface area contributed by atoms with Crippen LogP contribution in [0.15, 0.2) is 0 Å². The highest BCUT2D eigenvalue weighted by Gasteiger charge is 2.26. The summed E-state index contributed by atoms with van der Waals surface area (Å²) in [4.78, 5) is 16.4. The minimum atomic E-state index is 0. The van der Waals surface area contributed by atoms with Crippen LogP contribution >= 0.6 is 24.8 Å². The fourth-order valence-corrected chi connectivity index (χ4v) is 2.54. The van der Waals surface area contributed by atoms with Crippen LogP contribution in [0.2, 0.25) is 0 Å². The molecule has 1 rings (SSSR count). The molecule has 1 amide bonds. The lowest BCUT2D eigenvalue weighted by Gasteiger charge is -2.22. The number of hydrogen-bond donors (Lipinski definition) is 1. The van der Waals surface area contributed by atoms with E-state index in [0.717, 1.165) is 45.7 Å². The van der Waals surface area contributed by atoms with Gasteiger partial charge in [0.1, 0.15) is 0 Å².